The molecule has 3 aromatic rings. The maximum Gasteiger partial charge on any atom is 0.415 e. The van der Waals surface area contributed by atoms with Crippen LogP contribution in [0.5, 0.6) is 0 Å². The normalized spacial score (nSPS) is 17.8. The van der Waals surface area contributed by atoms with E-state index in [1.807, 2.05) is 54.6 Å². The van der Waals surface area contributed by atoms with Crippen molar-refractivity contribution in [1.29, 1.82) is 0 Å². The van der Waals surface area contributed by atoms with Gasteiger partial charge in [-0.05, 0) is 17.2 Å². The number of anilines is 2. The van der Waals surface area contributed by atoms with Gasteiger partial charge in [-0.1, -0.05) is 60.7 Å². The second-order valence-corrected chi connectivity index (χ2v) is 7.77. The molecule has 7 heteroatoms. The molecule has 1 atom stereocenters. The molecule has 0 bridgehead atoms. The van der Waals surface area contributed by atoms with Gasteiger partial charge in [0.05, 0.1) is 26.0 Å². The summed E-state index contributed by atoms with van der Waals surface area (Å²) < 4.78 is 17.0. The molecule has 2 aromatic carbocycles. The molecule has 1 saturated heterocycles. The number of morpholine rings is 1. The first-order valence-corrected chi connectivity index (χ1v) is 10.7. The van der Waals surface area contributed by atoms with Crippen molar-refractivity contribution >= 4 is 23.7 Å². The molecule has 0 radical (unpaired) electrons. The number of benzene rings is 2. The molecule has 0 aliphatic carbocycles. The van der Waals surface area contributed by atoms with Crippen LogP contribution in [0, 0.1) is 0 Å². The van der Waals surface area contributed by atoms with Gasteiger partial charge in [0.1, 0.15) is 11.7 Å². The van der Waals surface area contributed by atoms with Crippen molar-refractivity contribution in [3.05, 3.63) is 83.4 Å². The predicted octanol–water partition coefficient (Wildman–Crippen LogP) is 4.44. The summed E-state index contributed by atoms with van der Waals surface area (Å²) in [5.41, 5.74) is 3.71. The van der Waals surface area contributed by atoms with Gasteiger partial charge in [0.25, 0.3) is 0 Å². The largest absolute Gasteiger partial charge is 0.452 e. The van der Waals surface area contributed by atoms with E-state index >= 15 is 0 Å². The van der Waals surface area contributed by atoms with E-state index in [0.29, 0.717) is 25.5 Å². The second-order valence-electron chi connectivity index (χ2n) is 7.77. The molecule has 32 heavy (non-hydrogen) atoms. The third-order valence-corrected chi connectivity index (χ3v) is 5.76. The summed E-state index contributed by atoms with van der Waals surface area (Å²) in [5.74, 6) is 1.21. The van der Waals surface area contributed by atoms with Gasteiger partial charge in [-0.15, -0.1) is 0 Å². The van der Waals surface area contributed by atoms with Crippen LogP contribution in [-0.2, 0) is 15.9 Å². The zero-order chi connectivity index (χ0) is 21.9. The molecular formula is C25H25N3O4. The standard InChI is InChI=1S/C25H25N3O4/c1-30-25(29)28-21-10-6-5-9-19(21)11-12-22(28)23-26-20(17-18-7-3-2-4-8-18)24(32-23)27-13-15-31-16-14-27/h2-12,22H,13-17H2,1H3. The van der Waals surface area contributed by atoms with Gasteiger partial charge in [0.15, 0.2) is 0 Å². The lowest BCUT2D eigenvalue weighted by molar-refractivity contribution is 0.120. The van der Waals surface area contributed by atoms with Crippen LogP contribution in [0.4, 0.5) is 16.4 Å². The summed E-state index contributed by atoms with van der Waals surface area (Å²) in [5, 5.41) is 0. The monoisotopic (exact) mass is 431 g/mol. The first-order valence-electron chi connectivity index (χ1n) is 10.7. The van der Waals surface area contributed by atoms with E-state index in [-0.39, 0.29) is 0 Å². The Kier molecular flexibility index (Phi) is 5.64. The molecule has 3 heterocycles. The fourth-order valence-electron chi connectivity index (χ4n) is 4.19. The Morgan fingerprint density at radius 3 is 2.62 bits per heavy atom. The van der Waals surface area contributed by atoms with E-state index in [0.717, 1.165) is 41.5 Å². The van der Waals surface area contributed by atoms with Crippen LogP contribution >= 0.6 is 0 Å². The lowest BCUT2D eigenvalue weighted by Crippen LogP contribution is -2.36. The Hall–Kier alpha value is -3.58. The van der Waals surface area contributed by atoms with Gasteiger partial charge >= 0.3 is 6.09 Å². The smallest absolute Gasteiger partial charge is 0.415 e. The van der Waals surface area contributed by atoms with Gasteiger partial charge in [-0.3, -0.25) is 4.90 Å². The molecule has 1 aromatic heterocycles. The molecule has 2 aliphatic rings. The molecular weight excluding hydrogens is 406 g/mol. The highest BCUT2D eigenvalue weighted by atomic mass is 16.5. The van der Waals surface area contributed by atoms with Crippen molar-refractivity contribution in [3.63, 3.8) is 0 Å². The molecule has 0 saturated carbocycles. The van der Waals surface area contributed by atoms with Crippen LogP contribution in [0.2, 0.25) is 0 Å². The third-order valence-electron chi connectivity index (χ3n) is 5.76. The number of amides is 1. The van der Waals surface area contributed by atoms with Crippen LogP contribution in [-0.4, -0.2) is 44.5 Å². The van der Waals surface area contributed by atoms with Crippen molar-refractivity contribution < 1.29 is 18.7 Å². The number of carbonyl (C=O) groups excluding carboxylic acids is 1. The van der Waals surface area contributed by atoms with Gasteiger partial charge in [-0.2, -0.15) is 0 Å². The van der Waals surface area contributed by atoms with Gasteiger partial charge < -0.3 is 18.8 Å². The Bertz CT molecular complexity index is 1120. The highest BCUT2D eigenvalue weighted by molar-refractivity contribution is 5.93. The number of methoxy groups -OCH3 is 1. The average molecular weight is 431 g/mol. The zero-order valence-corrected chi connectivity index (χ0v) is 17.9. The summed E-state index contributed by atoms with van der Waals surface area (Å²) in [4.78, 5) is 21.4. The summed E-state index contributed by atoms with van der Waals surface area (Å²) in [7, 11) is 1.38. The first-order chi connectivity index (χ1) is 15.7. The van der Waals surface area contributed by atoms with Gasteiger partial charge in [0, 0.05) is 19.5 Å². The lowest BCUT2D eigenvalue weighted by Gasteiger charge is -2.31. The van der Waals surface area contributed by atoms with Crippen molar-refractivity contribution in [2.24, 2.45) is 0 Å². The summed E-state index contributed by atoms with van der Waals surface area (Å²) >= 11 is 0. The topological polar surface area (TPSA) is 68.0 Å². The predicted molar refractivity (Wildman–Crippen MR) is 122 cm³/mol. The molecule has 164 valence electrons. The number of carbonyl (C=O) groups is 1. The van der Waals surface area contributed by atoms with E-state index in [1.165, 1.54) is 7.11 Å². The van der Waals surface area contributed by atoms with Crippen LogP contribution in [0.15, 0.2) is 65.1 Å². The Balaban J connectivity index is 1.55. The van der Waals surface area contributed by atoms with Crippen LogP contribution in [0.3, 0.4) is 0 Å². The van der Waals surface area contributed by atoms with E-state index in [9.17, 15) is 4.79 Å². The number of rotatable bonds is 4. The van der Waals surface area contributed by atoms with Crippen molar-refractivity contribution in [1.82, 2.24) is 4.98 Å². The van der Waals surface area contributed by atoms with E-state index in [1.54, 1.807) is 4.90 Å². The summed E-state index contributed by atoms with van der Waals surface area (Å²) in [6.45, 7) is 2.76. The molecule has 0 spiro atoms. The molecule has 5 rings (SSSR count). The Morgan fingerprint density at radius 1 is 1.09 bits per heavy atom. The molecule has 1 amide bonds. The fraction of sp³-hybridized carbons (Fsp3) is 0.280. The maximum absolute atomic E-state index is 12.8. The zero-order valence-electron chi connectivity index (χ0n) is 17.9. The quantitative estimate of drug-likeness (QED) is 0.608. The van der Waals surface area contributed by atoms with Crippen molar-refractivity contribution in [2.75, 3.05) is 43.2 Å². The summed E-state index contributed by atoms with van der Waals surface area (Å²) in [6, 6.07) is 17.4. The Morgan fingerprint density at radius 2 is 1.84 bits per heavy atom. The SMILES string of the molecule is COC(=O)N1c2ccccc2C=CC1c1nc(Cc2ccccc2)c(N2CCOCC2)o1. The third kappa shape index (κ3) is 3.87. The minimum atomic E-state index is -0.498. The van der Waals surface area contributed by atoms with Crippen molar-refractivity contribution in [2.45, 2.75) is 12.5 Å². The van der Waals surface area contributed by atoms with E-state index < -0.39 is 12.1 Å². The molecule has 1 fully saturated rings. The molecule has 7 nitrogen and oxygen atoms in total. The van der Waals surface area contributed by atoms with Gasteiger partial charge in [-0.25, -0.2) is 9.78 Å². The van der Waals surface area contributed by atoms with E-state index in [4.69, 9.17) is 18.9 Å². The number of hydrogen-bond acceptors (Lipinski definition) is 6. The number of fused-ring (bicyclic) bond motifs is 1. The molecule has 1 unspecified atom stereocenters. The Labute approximate surface area is 186 Å². The maximum atomic E-state index is 12.8. The minimum absolute atomic E-state index is 0.456. The lowest BCUT2D eigenvalue weighted by atomic mass is 10.0. The van der Waals surface area contributed by atoms with Crippen LogP contribution < -0.4 is 9.80 Å². The number of nitrogens with zero attached hydrogens (tertiary/aromatic N) is 3. The second kappa shape index (κ2) is 8.88. The van der Waals surface area contributed by atoms with Crippen LogP contribution in [0.1, 0.15) is 28.8 Å². The number of ether oxygens (including phenoxy) is 2. The first kappa shape index (κ1) is 20.3. The summed E-state index contributed by atoms with van der Waals surface area (Å²) in [6.07, 6.45) is 4.11. The highest BCUT2D eigenvalue weighted by Crippen LogP contribution is 2.38. The molecule has 0 N–H and O–H groups in total. The highest BCUT2D eigenvalue weighted by Gasteiger charge is 2.34. The number of para-hydroxylation sites is 1. The number of oxazole rings is 1. The average Bonchev–Trinajstić information content (AvgIpc) is 3.27. The van der Waals surface area contributed by atoms with Crippen LogP contribution in [0.25, 0.3) is 6.08 Å². The number of hydrogen-bond donors (Lipinski definition) is 0. The molecule has 2 aliphatic heterocycles. The van der Waals surface area contributed by atoms with E-state index in [2.05, 4.69) is 17.0 Å². The van der Waals surface area contributed by atoms with Gasteiger partial charge in [0.2, 0.25) is 11.8 Å². The minimum Gasteiger partial charge on any atom is -0.452 e. The van der Waals surface area contributed by atoms with Crippen molar-refractivity contribution in [3.8, 4) is 0 Å². The fourth-order valence-corrected chi connectivity index (χ4v) is 4.19. The number of aromatic nitrogens is 1.